The van der Waals surface area contributed by atoms with E-state index in [-0.39, 0.29) is 18.4 Å². The molecule has 6 heteroatoms. The van der Waals surface area contributed by atoms with Gasteiger partial charge in [0.2, 0.25) is 0 Å². The van der Waals surface area contributed by atoms with Gasteiger partial charge in [-0.2, -0.15) is 0 Å². The van der Waals surface area contributed by atoms with Crippen LogP contribution in [0.25, 0.3) is 22.2 Å². The van der Waals surface area contributed by atoms with Crippen molar-refractivity contribution in [2.45, 2.75) is 24.9 Å². The fourth-order valence-electron chi connectivity index (χ4n) is 5.11. The molecule has 0 saturated carbocycles. The fraction of sp³-hybridized carbons (Fsp3) is 0.212. The number of hydrogen-bond acceptors (Lipinski definition) is 4. The zero-order chi connectivity index (χ0) is 27.4. The molecular weight excluding hydrogens is 492 g/mol. The molecular formula is C33H31F2N3O. The van der Waals surface area contributed by atoms with E-state index in [0.717, 1.165) is 44.9 Å². The summed E-state index contributed by atoms with van der Waals surface area (Å²) in [5.41, 5.74) is 4.05. The van der Waals surface area contributed by atoms with Crippen LogP contribution in [-0.2, 0) is 18.4 Å². The monoisotopic (exact) mass is 523 g/mol. The zero-order valence-corrected chi connectivity index (χ0v) is 22.1. The van der Waals surface area contributed by atoms with E-state index in [2.05, 4.69) is 17.1 Å². The maximum atomic E-state index is 14.4. The van der Waals surface area contributed by atoms with Crippen LogP contribution in [0.3, 0.4) is 0 Å². The van der Waals surface area contributed by atoms with E-state index in [1.54, 1.807) is 12.4 Å². The molecule has 5 rings (SSSR count). The standard InChI is InChI=1S/C33H31F2N3O/c1-38(2)16-14-33(39,25-18-26(34)20-27(35)19-25)21-30-28-12-6-7-13-31(28)37-32(24-11-8-15-36-22-24)29(30)17-23-9-4-3-5-10-23/h3-13,15,18-20,22,39H,14,16-17,21H2,1-2H3. The number of hydrogen-bond donors (Lipinski definition) is 1. The molecule has 0 aliphatic carbocycles. The van der Waals surface area contributed by atoms with Gasteiger partial charge in [0.05, 0.1) is 16.8 Å². The lowest BCUT2D eigenvalue weighted by atomic mass is 9.80. The Kier molecular flexibility index (Phi) is 7.77. The lowest BCUT2D eigenvalue weighted by molar-refractivity contribution is 0.0208. The summed E-state index contributed by atoms with van der Waals surface area (Å²) < 4.78 is 28.8. The summed E-state index contributed by atoms with van der Waals surface area (Å²) in [6.45, 7) is 0.529. The van der Waals surface area contributed by atoms with Gasteiger partial charge in [0.1, 0.15) is 11.6 Å². The van der Waals surface area contributed by atoms with Gasteiger partial charge in [-0.3, -0.25) is 4.98 Å². The Balaban J connectivity index is 1.76. The summed E-state index contributed by atoms with van der Waals surface area (Å²) in [7, 11) is 3.82. The van der Waals surface area contributed by atoms with E-state index in [9.17, 15) is 13.9 Å². The third-order valence-electron chi connectivity index (χ3n) is 7.11. The van der Waals surface area contributed by atoms with Crippen LogP contribution < -0.4 is 0 Å². The molecule has 4 nitrogen and oxygen atoms in total. The molecule has 0 aliphatic rings. The van der Waals surface area contributed by atoms with E-state index in [4.69, 9.17) is 4.98 Å². The summed E-state index contributed by atoms with van der Waals surface area (Å²) in [5.74, 6) is -1.43. The lowest BCUT2D eigenvalue weighted by Gasteiger charge is -2.32. The molecule has 2 heterocycles. The van der Waals surface area contributed by atoms with Crippen LogP contribution in [0, 0.1) is 11.6 Å². The molecule has 0 saturated heterocycles. The van der Waals surface area contributed by atoms with Crippen LogP contribution in [0.15, 0.2) is 97.3 Å². The maximum absolute atomic E-state index is 14.4. The van der Waals surface area contributed by atoms with E-state index >= 15 is 0 Å². The summed E-state index contributed by atoms with van der Waals surface area (Å²) in [5, 5.41) is 13.2. The van der Waals surface area contributed by atoms with Crippen molar-refractivity contribution in [3.8, 4) is 11.3 Å². The predicted molar refractivity (Wildman–Crippen MR) is 151 cm³/mol. The Morgan fingerprint density at radius 1 is 0.846 bits per heavy atom. The molecule has 1 atom stereocenters. The third kappa shape index (κ3) is 6.03. The second kappa shape index (κ2) is 11.4. The van der Waals surface area contributed by atoms with Gasteiger partial charge in [-0.1, -0.05) is 48.5 Å². The topological polar surface area (TPSA) is 49.2 Å². The third-order valence-corrected chi connectivity index (χ3v) is 7.11. The van der Waals surface area contributed by atoms with Crippen molar-refractivity contribution in [2.24, 2.45) is 0 Å². The zero-order valence-electron chi connectivity index (χ0n) is 22.1. The van der Waals surface area contributed by atoms with Crippen molar-refractivity contribution in [3.63, 3.8) is 0 Å². The highest BCUT2D eigenvalue weighted by molar-refractivity contribution is 5.87. The van der Waals surface area contributed by atoms with Gasteiger partial charge in [-0.15, -0.1) is 0 Å². The average Bonchev–Trinajstić information content (AvgIpc) is 2.93. The molecule has 39 heavy (non-hydrogen) atoms. The molecule has 198 valence electrons. The number of para-hydroxylation sites is 1. The van der Waals surface area contributed by atoms with Crippen molar-refractivity contribution in [3.05, 3.63) is 131 Å². The Bertz CT molecular complexity index is 1550. The first-order chi connectivity index (χ1) is 18.8. The normalized spacial score (nSPS) is 13.1. The van der Waals surface area contributed by atoms with Gasteiger partial charge in [0.15, 0.2) is 0 Å². The molecule has 3 aromatic carbocycles. The molecule has 0 amide bonds. The number of aromatic nitrogens is 2. The van der Waals surface area contributed by atoms with E-state index in [1.165, 1.54) is 12.1 Å². The smallest absolute Gasteiger partial charge is 0.126 e. The van der Waals surface area contributed by atoms with Gasteiger partial charge in [-0.05, 0) is 79.5 Å². The Hall–Kier alpha value is -4.00. The van der Waals surface area contributed by atoms with Crippen LogP contribution in [-0.4, -0.2) is 40.6 Å². The Morgan fingerprint density at radius 2 is 1.56 bits per heavy atom. The molecule has 0 aliphatic heterocycles. The van der Waals surface area contributed by atoms with Gasteiger partial charge < -0.3 is 10.0 Å². The quantitative estimate of drug-likeness (QED) is 0.238. The van der Waals surface area contributed by atoms with Crippen LogP contribution in [0.4, 0.5) is 8.78 Å². The first kappa shape index (κ1) is 26.6. The minimum Gasteiger partial charge on any atom is -0.385 e. The fourth-order valence-corrected chi connectivity index (χ4v) is 5.11. The molecule has 1 unspecified atom stereocenters. The second-order valence-corrected chi connectivity index (χ2v) is 10.3. The summed E-state index contributed by atoms with van der Waals surface area (Å²) in [6, 6.07) is 25.1. The van der Waals surface area contributed by atoms with Crippen LogP contribution in [0.2, 0.25) is 0 Å². The molecule has 0 bridgehead atoms. The number of fused-ring (bicyclic) bond motifs is 1. The van der Waals surface area contributed by atoms with Crippen molar-refractivity contribution < 1.29 is 13.9 Å². The molecule has 0 radical (unpaired) electrons. The number of rotatable bonds is 9. The number of benzene rings is 3. The SMILES string of the molecule is CN(C)CCC(O)(Cc1c(Cc2ccccc2)c(-c2cccnc2)nc2ccccc12)c1cc(F)cc(F)c1. The molecule has 2 aromatic heterocycles. The summed E-state index contributed by atoms with van der Waals surface area (Å²) >= 11 is 0. The molecule has 0 fully saturated rings. The maximum Gasteiger partial charge on any atom is 0.126 e. The summed E-state index contributed by atoms with van der Waals surface area (Å²) in [6.07, 6.45) is 4.52. The molecule has 0 spiro atoms. The highest BCUT2D eigenvalue weighted by Crippen LogP contribution is 2.38. The minimum absolute atomic E-state index is 0.155. The average molecular weight is 524 g/mol. The largest absolute Gasteiger partial charge is 0.385 e. The second-order valence-electron chi connectivity index (χ2n) is 10.3. The van der Waals surface area contributed by atoms with Crippen molar-refractivity contribution >= 4 is 10.9 Å². The van der Waals surface area contributed by atoms with E-state index in [0.29, 0.717) is 13.0 Å². The first-order valence-electron chi connectivity index (χ1n) is 13.0. The van der Waals surface area contributed by atoms with Gasteiger partial charge >= 0.3 is 0 Å². The lowest BCUT2D eigenvalue weighted by Crippen LogP contribution is -2.33. The number of nitrogens with zero attached hydrogens (tertiary/aromatic N) is 3. The number of aliphatic hydroxyl groups is 1. The Morgan fingerprint density at radius 3 is 2.26 bits per heavy atom. The number of halogens is 2. The van der Waals surface area contributed by atoms with Crippen LogP contribution in [0.5, 0.6) is 0 Å². The number of pyridine rings is 2. The Labute approximate surface area is 227 Å². The highest BCUT2D eigenvalue weighted by atomic mass is 19.1. The molecule has 5 aromatic rings. The van der Waals surface area contributed by atoms with E-state index < -0.39 is 17.2 Å². The van der Waals surface area contributed by atoms with E-state index in [1.807, 2.05) is 73.6 Å². The van der Waals surface area contributed by atoms with Crippen molar-refractivity contribution in [1.29, 1.82) is 0 Å². The van der Waals surface area contributed by atoms with Crippen LogP contribution in [0.1, 0.15) is 28.7 Å². The predicted octanol–water partition coefficient (Wildman–Crippen LogP) is 6.55. The van der Waals surface area contributed by atoms with Gasteiger partial charge in [0.25, 0.3) is 0 Å². The van der Waals surface area contributed by atoms with Gasteiger partial charge in [0, 0.05) is 42.4 Å². The van der Waals surface area contributed by atoms with Gasteiger partial charge in [-0.25, -0.2) is 13.8 Å². The van der Waals surface area contributed by atoms with Crippen molar-refractivity contribution in [1.82, 2.24) is 14.9 Å². The molecule has 1 N–H and O–H groups in total. The summed E-state index contributed by atoms with van der Waals surface area (Å²) in [4.78, 5) is 11.3. The van der Waals surface area contributed by atoms with Crippen molar-refractivity contribution in [2.75, 3.05) is 20.6 Å². The minimum atomic E-state index is -1.53. The van der Waals surface area contributed by atoms with Crippen LogP contribution >= 0.6 is 0 Å². The highest BCUT2D eigenvalue weighted by Gasteiger charge is 2.33. The first-order valence-corrected chi connectivity index (χ1v) is 13.0.